The van der Waals surface area contributed by atoms with Gasteiger partial charge in [-0.05, 0) is 58.2 Å². The number of carbonyl (C=O) groups excluding carboxylic acids is 1. The fourth-order valence-electron chi connectivity index (χ4n) is 4.04. The number of amides is 1. The fraction of sp³-hybridized carbons (Fsp3) is 0.941. The molecule has 0 radical (unpaired) electrons. The van der Waals surface area contributed by atoms with Crippen LogP contribution in [0, 0.1) is 11.8 Å². The number of likely N-dealkylation sites (N-methyl/N-ethyl adjacent to an activating group) is 1. The van der Waals surface area contributed by atoms with Gasteiger partial charge in [0.2, 0.25) is 5.91 Å². The summed E-state index contributed by atoms with van der Waals surface area (Å²) in [7, 11) is 4.32. The summed E-state index contributed by atoms with van der Waals surface area (Å²) in [5.41, 5.74) is 0.146. The van der Waals surface area contributed by atoms with Crippen LogP contribution < -0.4 is 10.6 Å². The van der Waals surface area contributed by atoms with Gasteiger partial charge in [0.1, 0.15) is 0 Å². The smallest absolute Gasteiger partial charge is 0.237 e. The van der Waals surface area contributed by atoms with Crippen molar-refractivity contribution >= 4 is 18.3 Å². The van der Waals surface area contributed by atoms with Gasteiger partial charge in [-0.25, -0.2) is 0 Å². The molecule has 0 spiro atoms. The number of rotatable bonds is 4. The largest absolute Gasteiger partial charge is 0.353 e. The van der Waals surface area contributed by atoms with Crippen molar-refractivity contribution in [2.75, 3.05) is 27.2 Å². The van der Waals surface area contributed by atoms with Crippen molar-refractivity contribution in [1.29, 1.82) is 0 Å². The molecule has 1 saturated heterocycles. The van der Waals surface area contributed by atoms with Crippen molar-refractivity contribution in [3.8, 4) is 0 Å². The number of nitrogens with zero attached hydrogens (tertiary/aromatic N) is 1. The highest BCUT2D eigenvalue weighted by Gasteiger charge is 2.37. The van der Waals surface area contributed by atoms with Crippen LogP contribution in [0.2, 0.25) is 0 Å². The molecule has 0 aromatic heterocycles. The molecule has 4 unspecified atom stereocenters. The first-order chi connectivity index (χ1) is 9.93. The molecular formula is C17H34ClN3O. The molecule has 0 bridgehead atoms. The van der Waals surface area contributed by atoms with Crippen LogP contribution in [-0.4, -0.2) is 49.6 Å². The van der Waals surface area contributed by atoms with Gasteiger partial charge in [-0.3, -0.25) is 4.79 Å². The molecule has 2 N–H and O–H groups in total. The lowest BCUT2D eigenvalue weighted by molar-refractivity contribution is -0.124. The number of halogens is 1. The molecule has 4 atom stereocenters. The van der Waals surface area contributed by atoms with Crippen molar-refractivity contribution < 1.29 is 4.79 Å². The van der Waals surface area contributed by atoms with Crippen molar-refractivity contribution in [3.63, 3.8) is 0 Å². The van der Waals surface area contributed by atoms with Gasteiger partial charge in [-0.1, -0.05) is 26.7 Å². The van der Waals surface area contributed by atoms with Crippen LogP contribution in [-0.2, 0) is 4.79 Å². The van der Waals surface area contributed by atoms with E-state index in [0.717, 1.165) is 25.4 Å². The highest BCUT2D eigenvalue weighted by atomic mass is 35.5. The molecule has 130 valence electrons. The highest BCUT2D eigenvalue weighted by molar-refractivity contribution is 5.85. The molecule has 2 aliphatic rings. The number of hydrogen-bond donors (Lipinski definition) is 2. The minimum absolute atomic E-state index is 0. The third-order valence-electron chi connectivity index (χ3n) is 5.59. The summed E-state index contributed by atoms with van der Waals surface area (Å²) in [4.78, 5) is 14.8. The maximum Gasteiger partial charge on any atom is 0.237 e. The van der Waals surface area contributed by atoms with Gasteiger partial charge in [-0.2, -0.15) is 0 Å². The molecule has 22 heavy (non-hydrogen) atoms. The second-order valence-electron chi connectivity index (χ2n) is 7.67. The maximum absolute atomic E-state index is 12.4. The number of carbonyl (C=O) groups is 1. The third-order valence-corrected chi connectivity index (χ3v) is 5.59. The van der Waals surface area contributed by atoms with E-state index in [1.54, 1.807) is 0 Å². The third kappa shape index (κ3) is 4.84. The Morgan fingerprint density at radius 1 is 1.27 bits per heavy atom. The van der Waals surface area contributed by atoms with Crippen LogP contribution in [0.15, 0.2) is 0 Å². The van der Waals surface area contributed by atoms with E-state index >= 15 is 0 Å². The van der Waals surface area contributed by atoms with E-state index in [0.29, 0.717) is 5.92 Å². The Morgan fingerprint density at radius 2 is 2.00 bits per heavy atom. The Kier molecular flexibility index (Phi) is 7.63. The van der Waals surface area contributed by atoms with Gasteiger partial charge < -0.3 is 15.5 Å². The molecule has 1 saturated carbocycles. The summed E-state index contributed by atoms with van der Waals surface area (Å²) in [5.74, 6) is 1.60. The molecule has 2 fully saturated rings. The van der Waals surface area contributed by atoms with E-state index in [-0.39, 0.29) is 29.9 Å². The number of piperidine rings is 1. The zero-order valence-electron chi connectivity index (χ0n) is 14.7. The van der Waals surface area contributed by atoms with E-state index in [9.17, 15) is 4.79 Å². The molecule has 2 rings (SSSR count). The van der Waals surface area contributed by atoms with Crippen LogP contribution >= 0.6 is 12.4 Å². The fourth-order valence-corrected chi connectivity index (χ4v) is 4.04. The summed E-state index contributed by atoms with van der Waals surface area (Å²) in [6, 6.07) is 0.00831. The molecular weight excluding hydrogens is 298 g/mol. The predicted molar refractivity (Wildman–Crippen MR) is 94.5 cm³/mol. The first kappa shape index (κ1) is 19.7. The predicted octanol–water partition coefficient (Wildman–Crippen LogP) is 2.42. The molecule has 1 aliphatic heterocycles. The molecule has 1 amide bonds. The van der Waals surface area contributed by atoms with Gasteiger partial charge in [0.15, 0.2) is 0 Å². The van der Waals surface area contributed by atoms with Crippen LogP contribution in [0.3, 0.4) is 0 Å². The Bertz CT molecular complexity index is 364. The van der Waals surface area contributed by atoms with E-state index in [2.05, 4.69) is 43.5 Å². The van der Waals surface area contributed by atoms with E-state index < -0.39 is 0 Å². The molecule has 0 aromatic carbocycles. The van der Waals surface area contributed by atoms with Gasteiger partial charge in [0.05, 0.1) is 6.04 Å². The minimum atomic E-state index is 0. The van der Waals surface area contributed by atoms with Crippen molar-refractivity contribution in [1.82, 2.24) is 15.5 Å². The number of nitrogens with one attached hydrogen (secondary N) is 2. The van der Waals surface area contributed by atoms with E-state index in [1.807, 2.05) is 0 Å². The second-order valence-corrected chi connectivity index (χ2v) is 7.67. The molecule has 4 nitrogen and oxygen atoms in total. The van der Waals surface area contributed by atoms with E-state index in [1.165, 1.54) is 32.1 Å². The van der Waals surface area contributed by atoms with Crippen LogP contribution in [0.25, 0.3) is 0 Å². The lowest BCUT2D eigenvalue weighted by Crippen LogP contribution is -2.57. The summed E-state index contributed by atoms with van der Waals surface area (Å²) >= 11 is 0. The Morgan fingerprint density at radius 3 is 2.59 bits per heavy atom. The number of hydrogen-bond acceptors (Lipinski definition) is 3. The van der Waals surface area contributed by atoms with Gasteiger partial charge in [0, 0.05) is 12.1 Å². The molecule has 0 aromatic rings. The summed E-state index contributed by atoms with van der Waals surface area (Å²) in [6.07, 6.45) is 7.13. The van der Waals surface area contributed by atoms with E-state index in [4.69, 9.17) is 0 Å². The second kappa shape index (κ2) is 8.51. The SMILES string of the molecule is CC1CCNC(C(=O)NCC2(N(C)C)CCCC(C)C2)C1.Cl. The first-order valence-corrected chi connectivity index (χ1v) is 8.61. The zero-order chi connectivity index (χ0) is 15.5. The maximum atomic E-state index is 12.4. The first-order valence-electron chi connectivity index (χ1n) is 8.61. The van der Waals surface area contributed by atoms with Crippen LogP contribution in [0.4, 0.5) is 0 Å². The molecule has 1 heterocycles. The average Bonchev–Trinajstić information content (AvgIpc) is 2.44. The van der Waals surface area contributed by atoms with Gasteiger partial charge >= 0.3 is 0 Å². The topological polar surface area (TPSA) is 44.4 Å². The van der Waals surface area contributed by atoms with Gasteiger partial charge in [-0.15, -0.1) is 12.4 Å². The monoisotopic (exact) mass is 331 g/mol. The molecule has 5 heteroatoms. The van der Waals surface area contributed by atoms with Crippen molar-refractivity contribution in [3.05, 3.63) is 0 Å². The lowest BCUT2D eigenvalue weighted by atomic mass is 9.75. The summed E-state index contributed by atoms with van der Waals surface area (Å²) in [5, 5.41) is 6.60. The van der Waals surface area contributed by atoms with Gasteiger partial charge in [0.25, 0.3) is 0 Å². The normalized spacial score (nSPS) is 35.8. The summed E-state index contributed by atoms with van der Waals surface area (Å²) < 4.78 is 0. The lowest BCUT2D eigenvalue weighted by Gasteiger charge is -2.45. The Hall–Kier alpha value is -0.320. The standard InChI is InChI=1S/C17H33N3O.ClH/c1-13-7-9-18-15(10-13)16(21)19-12-17(20(3)4)8-5-6-14(2)11-17;/h13-15,18H,5-12H2,1-4H3,(H,19,21);1H. The zero-order valence-corrected chi connectivity index (χ0v) is 15.5. The summed E-state index contributed by atoms with van der Waals surface area (Å²) in [6.45, 7) is 6.33. The Labute approximate surface area is 142 Å². The average molecular weight is 332 g/mol. The minimum Gasteiger partial charge on any atom is -0.353 e. The quantitative estimate of drug-likeness (QED) is 0.831. The van der Waals surface area contributed by atoms with Crippen molar-refractivity contribution in [2.45, 2.75) is 64.0 Å². The highest BCUT2D eigenvalue weighted by Crippen LogP contribution is 2.35. The molecule has 1 aliphatic carbocycles. The Balaban J connectivity index is 0.00000242. The van der Waals surface area contributed by atoms with Crippen LogP contribution in [0.1, 0.15) is 52.4 Å². The van der Waals surface area contributed by atoms with Crippen molar-refractivity contribution in [2.24, 2.45) is 11.8 Å². The van der Waals surface area contributed by atoms with Crippen LogP contribution in [0.5, 0.6) is 0 Å².